The average molecular weight is 240 g/mol. The molecule has 5 heteroatoms. The van der Waals surface area contributed by atoms with Gasteiger partial charge in [-0.05, 0) is 37.2 Å². The van der Waals surface area contributed by atoms with Crippen LogP contribution >= 0.6 is 11.8 Å². The molecule has 1 aliphatic heterocycles. The zero-order valence-electron chi connectivity index (χ0n) is 9.99. The Morgan fingerprint density at radius 3 is 2.75 bits per heavy atom. The molecule has 0 amide bonds. The van der Waals surface area contributed by atoms with Crippen molar-refractivity contribution in [3.8, 4) is 0 Å². The number of aromatic nitrogens is 2. The van der Waals surface area contributed by atoms with E-state index in [0.29, 0.717) is 0 Å². The number of anilines is 2. The van der Waals surface area contributed by atoms with E-state index in [1.165, 1.54) is 24.3 Å². The molecule has 1 aliphatic rings. The molecule has 0 atom stereocenters. The van der Waals surface area contributed by atoms with Crippen LogP contribution in [0.1, 0.15) is 18.5 Å². The summed E-state index contributed by atoms with van der Waals surface area (Å²) in [6, 6.07) is 0. The summed E-state index contributed by atoms with van der Waals surface area (Å²) >= 11 is 2.06. The maximum atomic E-state index is 5.97. The number of hydrogen-bond donors (Lipinski definition) is 2. The highest BCUT2D eigenvalue weighted by molar-refractivity contribution is 7.99. The Labute approximate surface area is 101 Å². The van der Waals surface area contributed by atoms with Crippen molar-refractivity contribution in [3.63, 3.8) is 0 Å². The van der Waals surface area contributed by atoms with Crippen LogP contribution in [0.3, 0.4) is 0 Å². The minimum atomic E-state index is 0.785. The fourth-order valence-corrected chi connectivity index (χ4v) is 3.28. The van der Waals surface area contributed by atoms with Crippen molar-refractivity contribution < 1.29 is 0 Å². The fraction of sp³-hybridized carbons (Fsp3) is 0.727. The first-order chi connectivity index (χ1) is 7.68. The van der Waals surface area contributed by atoms with E-state index >= 15 is 0 Å². The van der Waals surface area contributed by atoms with Crippen LogP contribution in [0.25, 0.3) is 0 Å². The second-order valence-corrected chi connectivity index (χ2v) is 5.63. The highest BCUT2D eigenvalue weighted by Gasteiger charge is 2.15. The molecule has 16 heavy (non-hydrogen) atoms. The lowest BCUT2D eigenvalue weighted by molar-refractivity contribution is 0.514. The van der Waals surface area contributed by atoms with Gasteiger partial charge in [0.1, 0.15) is 5.82 Å². The molecule has 1 aromatic heterocycles. The standard InChI is InChI=1S/C11H20N4S/c1-8-10(12)11(15(2)14-8)13-7-9-3-5-16-6-4-9/h9,13H,3-7,12H2,1-2H3. The van der Waals surface area contributed by atoms with Gasteiger partial charge in [0, 0.05) is 13.6 Å². The van der Waals surface area contributed by atoms with Gasteiger partial charge in [0.05, 0.1) is 11.4 Å². The van der Waals surface area contributed by atoms with Crippen LogP contribution in [0, 0.1) is 12.8 Å². The van der Waals surface area contributed by atoms with Crippen LogP contribution in [0.2, 0.25) is 0 Å². The van der Waals surface area contributed by atoms with Crippen LogP contribution in [0.15, 0.2) is 0 Å². The number of aryl methyl sites for hydroxylation is 2. The Kier molecular flexibility index (Phi) is 3.63. The van der Waals surface area contributed by atoms with Crippen molar-refractivity contribution in [1.82, 2.24) is 9.78 Å². The molecule has 0 bridgehead atoms. The van der Waals surface area contributed by atoms with Gasteiger partial charge >= 0.3 is 0 Å². The first-order valence-electron chi connectivity index (χ1n) is 5.79. The van der Waals surface area contributed by atoms with Gasteiger partial charge in [-0.2, -0.15) is 16.9 Å². The molecule has 1 aromatic rings. The van der Waals surface area contributed by atoms with Gasteiger partial charge in [-0.15, -0.1) is 0 Å². The number of nitrogens with one attached hydrogen (secondary N) is 1. The predicted molar refractivity (Wildman–Crippen MR) is 70.9 cm³/mol. The van der Waals surface area contributed by atoms with E-state index in [4.69, 9.17) is 5.73 Å². The van der Waals surface area contributed by atoms with Crippen LogP contribution in [-0.2, 0) is 7.05 Å². The molecule has 90 valence electrons. The van der Waals surface area contributed by atoms with E-state index in [-0.39, 0.29) is 0 Å². The lowest BCUT2D eigenvalue weighted by Gasteiger charge is -2.22. The Morgan fingerprint density at radius 2 is 2.19 bits per heavy atom. The van der Waals surface area contributed by atoms with Crippen molar-refractivity contribution in [2.45, 2.75) is 19.8 Å². The summed E-state index contributed by atoms with van der Waals surface area (Å²) in [7, 11) is 1.93. The zero-order valence-corrected chi connectivity index (χ0v) is 10.8. The van der Waals surface area contributed by atoms with Crippen molar-refractivity contribution in [2.24, 2.45) is 13.0 Å². The topological polar surface area (TPSA) is 55.9 Å². The van der Waals surface area contributed by atoms with Gasteiger partial charge in [0.2, 0.25) is 0 Å². The highest BCUT2D eigenvalue weighted by atomic mass is 32.2. The summed E-state index contributed by atoms with van der Waals surface area (Å²) in [5, 5.41) is 7.74. The molecular weight excluding hydrogens is 220 g/mol. The van der Waals surface area contributed by atoms with E-state index in [1.807, 2.05) is 18.7 Å². The second kappa shape index (κ2) is 4.99. The first kappa shape index (κ1) is 11.6. The minimum absolute atomic E-state index is 0.785. The molecule has 1 fully saturated rings. The highest BCUT2D eigenvalue weighted by Crippen LogP contribution is 2.25. The summed E-state index contributed by atoms with van der Waals surface area (Å²) in [5.41, 5.74) is 7.66. The van der Waals surface area contributed by atoms with Gasteiger partial charge in [-0.1, -0.05) is 0 Å². The smallest absolute Gasteiger partial charge is 0.147 e. The Morgan fingerprint density at radius 1 is 1.50 bits per heavy atom. The molecule has 3 N–H and O–H groups in total. The number of nitrogens with two attached hydrogens (primary N) is 1. The normalized spacial score (nSPS) is 17.6. The molecule has 2 heterocycles. The van der Waals surface area contributed by atoms with E-state index in [9.17, 15) is 0 Å². The molecule has 2 rings (SSSR count). The molecule has 0 aromatic carbocycles. The number of nitrogen functional groups attached to an aromatic ring is 1. The maximum Gasteiger partial charge on any atom is 0.147 e. The quantitative estimate of drug-likeness (QED) is 0.847. The molecule has 0 unspecified atom stereocenters. The maximum absolute atomic E-state index is 5.97. The van der Waals surface area contributed by atoms with Crippen LogP contribution in [0.4, 0.5) is 11.5 Å². The Hall–Kier alpha value is -0.840. The van der Waals surface area contributed by atoms with Crippen LogP contribution < -0.4 is 11.1 Å². The average Bonchev–Trinajstić information content (AvgIpc) is 2.53. The van der Waals surface area contributed by atoms with Crippen molar-refractivity contribution >= 4 is 23.3 Å². The van der Waals surface area contributed by atoms with E-state index in [1.54, 1.807) is 0 Å². The van der Waals surface area contributed by atoms with Gasteiger partial charge in [-0.25, -0.2) is 0 Å². The fourth-order valence-electron chi connectivity index (χ4n) is 2.08. The number of thioether (sulfide) groups is 1. The van der Waals surface area contributed by atoms with Gasteiger partial charge in [0.25, 0.3) is 0 Å². The van der Waals surface area contributed by atoms with Gasteiger partial charge < -0.3 is 11.1 Å². The largest absolute Gasteiger partial charge is 0.394 e. The third kappa shape index (κ3) is 2.45. The molecule has 0 radical (unpaired) electrons. The molecule has 0 spiro atoms. The van der Waals surface area contributed by atoms with E-state index in [2.05, 4.69) is 22.2 Å². The number of rotatable bonds is 3. The van der Waals surface area contributed by atoms with Crippen LogP contribution in [0.5, 0.6) is 0 Å². The Bertz CT molecular complexity index is 355. The number of hydrogen-bond acceptors (Lipinski definition) is 4. The molecule has 0 saturated carbocycles. The number of nitrogens with zero attached hydrogens (tertiary/aromatic N) is 2. The monoisotopic (exact) mass is 240 g/mol. The third-order valence-corrected chi connectivity index (χ3v) is 4.22. The van der Waals surface area contributed by atoms with Crippen LogP contribution in [-0.4, -0.2) is 27.8 Å². The summed E-state index contributed by atoms with van der Waals surface area (Å²) in [6.07, 6.45) is 2.63. The SMILES string of the molecule is Cc1nn(C)c(NCC2CCSCC2)c1N. The molecular formula is C11H20N4S. The summed E-state index contributed by atoms with van der Waals surface area (Å²) in [4.78, 5) is 0. The first-order valence-corrected chi connectivity index (χ1v) is 6.94. The van der Waals surface area contributed by atoms with Crippen molar-refractivity contribution in [2.75, 3.05) is 29.1 Å². The minimum Gasteiger partial charge on any atom is -0.394 e. The van der Waals surface area contributed by atoms with Gasteiger partial charge in [-0.3, -0.25) is 4.68 Å². The zero-order chi connectivity index (χ0) is 11.5. The third-order valence-electron chi connectivity index (χ3n) is 3.17. The van der Waals surface area contributed by atoms with Crippen molar-refractivity contribution in [1.29, 1.82) is 0 Å². The Balaban J connectivity index is 1.93. The lowest BCUT2D eigenvalue weighted by Crippen LogP contribution is -2.20. The second-order valence-electron chi connectivity index (χ2n) is 4.41. The molecule has 0 aliphatic carbocycles. The summed E-state index contributed by atoms with van der Waals surface area (Å²) < 4.78 is 1.84. The summed E-state index contributed by atoms with van der Waals surface area (Å²) in [5.74, 6) is 4.35. The predicted octanol–water partition coefficient (Wildman–Crippen LogP) is 1.87. The molecule has 1 saturated heterocycles. The summed E-state index contributed by atoms with van der Waals surface area (Å²) in [6.45, 7) is 2.96. The van der Waals surface area contributed by atoms with E-state index < -0.39 is 0 Å². The van der Waals surface area contributed by atoms with E-state index in [0.717, 1.165) is 29.7 Å². The lowest BCUT2D eigenvalue weighted by atomic mass is 10.0. The molecule has 4 nitrogen and oxygen atoms in total. The van der Waals surface area contributed by atoms with Gasteiger partial charge in [0.15, 0.2) is 0 Å². The van der Waals surface area contributed by atoms with Crippen molar-refractivity contribution in [3.05, 3.63) is 5.69 Å².